The van der Waals surface area contributed by atoms with Crippen LogP contribution in [0.5, 0.6) is 0 Å². The monoisotopic (exact) mass is 1050 g/mol. The van der Waals surface area contributed by atoms with E-state index in [1.165, 1.54) is 6.42 Å². The number of methoxy groups -OCH3 is 1. The molecule has 74 heavy (non-hydrogen) atoms. The summed E-state index contributed by atoms with van der Waals surface area (Å²) in [6, 6.07) is -9.22. The lowest BCUT2D eigenvalue weighted by Crippen LogP contribution is -2.61. The number of nitrogens with two attached hydrogens (primary N) is 1. The summed E-state index contributed by atoms with van der Waals surface area (Å²) in [5, 5.41) is 18.9. The summed E-state index contributed by atoms with van der Waals surface area (Å²) >= 11 is 0. The third-order valence-corrected chi connectivity index (χ3v) is 13.1. The lowest BCUT2D eigenvalue weighted by atomic mass is 9.97. The molecule has 1 heterocycles. The van der Waals surface area contributed by atoms with Crippen molar-refractivity contribution in [2.75, 3.05) is 7.11 Å². The van der Waals surface area contributed by atoms with Gasteiger partial charge in [0.1, 0.15) is 48.4 Å². The van der Waals surface area contributed by atoms with Crippen molar-refractivity contribution in [3.8, 4) is 0 Å². The summed E-state index contributed by atoms with van der Waals surface area (Å²) in [7, 11) is 1.11. The highest BCUT2D eigenvalue weighted by molar-refractivity contribution is 5.98. The van der Waals surface area contributed by atoms with Crippen LogP contribution in [0.1, 0.15) is 192 Å². The summed E-state index contributed by atoms with van der Waals surface area (Å²) in [5.74, 6) is -8.80. The minimum atomic E-state index is -1.59. The van der Waals surface area contributed by atoms with Crippen molar-refractivity contribution in [2.24, 2.45) is 41.2 Å². The minimum Gasteiger partial charge on any atom is -0.469 e. The molecule has 20 heteroatoms. The third kappa shape index (κ3) is 26.8. The number of esters is 2. The van der Waals surface area contributed by atoms with Gasteiger partial charge in [-0.3, -0.25) is 43.2 Å². The van der Waals surface area contributed by atoms with Crippen molar-refractivity contribution in [3.05, 3.63) is 0 Å². The molecule has 0 aromatic rings. The van der Waals surface area contributed by atoms with Gasteiger partial charge in [-0.05, 0) is 74.0 Å². The highest BCUT2D eigenvalue weighted by atomic mass is 16.5. The number of rotatable bonds is 24. The lowest BCUT2D eigenvalue weighted by Gasteiger charge is -2.30. The zero-order valence-electron chi connectivity index (χ0n) is 47.1. The van der Waals surface area contributed by atoms with Crippen LogP contribution >= 0.6 is 0 Å². The molecule has 9 atom stereocenters. The molecule has 424 valence electrons. The average molecular weight is 1050 g/mol. The van der Waals surface area contributed by atoms with Gasteiger partial charge in [0.25, 0.3) is 0 Å². The highest BCUT2D eigenvalue weighted by Gasteiger charge is 2.38. The van der Waals surface area contributed by atoms with Crippen molar-refractivity contribution in [1.82, 2.24) is 37.2 Å². The summed E-state index contributed by atoms with van der Waals surface area (Å²) < 4.78 is 11.0. The van der Waals surface area contributed by atoms with Gasteiger partial charge in [0.2, 0.25) is 47.3 Å². The number of hydrogen-bond acceptors (Lipinski definition) is 12. The van der Waals surface area contributed by atoms with E-state index < -0.39 is 126 Å². The Morgan fingerprint density at radius 2 is 0.973 bits per heavy atom. The van der Waals surface area contributed by atoms with Crippen LogP contribution in [0.15, 0.2) is 0 Å². The van der Waals surface area contributed by atoms with Gasteiger partial charge in [-0.2, -0.15) is 0 Å². The van der Waals surface area contributed by atoms with Crippen LogP contribution in [0.3, 0.4) is 0 Å². The van der Waals surface area contributed by atoms with E-state index in [9.17, 15) is 47.9 Å². The first-order valence-electron chi connectivity index (χ1n) is 27.4. The number of unbranched alkanes of at least 4 members (excludes halogenated alkanes) is 6. The first kappa shape index (κ1) is 66.7. The van der Waals surface area contributed by atoms with Crippen LogP contribution in [0, 0.1) is 35.5 Å². The van der Waals surface area contributed by atoms with Crippen molar-refractivity contribution in [3.63, 3.8) is 0 Å². The molecule has 0 spiro atoms. The quantitative estimate of drug-likeness (QED) is 0.0489. The fraction of sp³-hybridized carbons (Fsp3) is 0.815. The zero-order chi connectivity index (χ0) is 56.2. The second-order valence-corrected chi connectivity index (χ2v) is 22.3. The Balaban J connectivity index is 3.99. The second-order valence-electron chi connectivity index (χ2n) is 22.3. The van der Waals surface area contributed by atoms with Gasteiger partial charge in [-0.15, -0.1) is 0 Å². The van der Waals surface area contributed by atoms with Gasteiger partial charge in [0.15, 0.2) is 0 Å². The van der Waals surface area contributed by atoms with Gasteiger partial charge in [-0.1, -0.05) is 134 Å². The molecule has 1 aliphatic heterocycles. The molecule has 1 fully saturated rings. The van der Waals surface area contributed by atoms with E-state index in [0.717, 1.165) is 45.6 Å². The Morgan fingerprint density at radius 1 is 0.541 bits per heavy atom. The topological polar surface area (TPSA) is 299 Å². The highest BCUT2D eigenvalue weighted by Crippen LogP contribution is 2.20. The molecule has 0 radical (unpaired) electrons. The fourth-order valence-electron chi connectivity index (χ4n) is 8.62. The number of hydrogen-bond donors (Lipinski definition) is 8. The number of cyclic esters (lactones) is 1. The first-order valence-corrected chi connectivity index (χ1v) is 27.4. The fourth-order valence-corrected chi connectivity index (χ4v) is 8.62. The van der Waals surface area contributed by atoms with E-state index in [4.69, 9.17) is 15.2 Å². The van der Waals surface area contributed by atoms with Crippen LogP contribution in [0.25, 0.3) is 0 Å². The third-order valence-electron chi connectivity index (χ3n) is 13.1. The molecule has 1 saturated heterocycles. The lowest BCUT2D eigenvalue weighted by molar-refractivity contribution is -0.156. The smallest absolute Gasteiger partial charge is 0.329 e. The summed E-state index contributed by atoms with van der Waals surface area (Å²) in [4.78, 5) is 138. The normalized spacial score (nSPS) is 24.2. The Labute approximate surface area is 441 Å². The second kappa shape index (κ2) is 35.0. The predicted octanol–water partition coefficient (Wildman–Crippen LogP) is 4.53. The molecule has 0 bridgehead atoms. The standard InChI is InChI=1S/C54H96N8O12/c1-14-36(12)47-54(72)74-37(23-21-19-17-15-16-18-20-22-31(2)3)29-44(64)56-38(24-25-43(55)63)48(66)57-39(26-32(4)5)49(67)58-40(27-33(6)7)51(69)61-46(35(10)11)53(71)60-42(30-45(65)73-13)50(68)59-41(28-34(8)9)52(70)62-47/h31-42,46-47H,14-30H2,1-13H3,(H2,55,63)(H,56,64)(H,57,66)(H,58,67)(H,59,68)(H,60,71)(H,61,69)(H,62,70)/t36?,37?,38?,39-,40?,41?,42-,46?,47?/m0/s1. The molecule has 0 aliphatic carbocycles. The van der Waals surface area contributed by atoms with E-state index in [1.807, 2.05) is 48.5 Å². The number of carbonyl (C=O) groups is 10. The van der Waals surface area contributed by atoms with Crippen molar-refractivity contribution in [2.45, 2.75) is 241 Å². The SMILES string of the molecule is CCC(C)C1NC(=O)C(CC(C)C)NC(=O)[C@H](CC(=O)OC)NC(=O)C(C(C)C)NC(=O)C(CC(C)C)NC(=O)[C@H](CC(C)C)NC(=O)C(CCC(N)=O)NC(=O)CC(CCCCCCCCCC(C)C)OC1=O. The molecule has 8 amide bonds. The molecule has 1 aliphatic rings. The van der Waals surface area contributed by atoms with E-state index >= 15 is 0 Å². The average Bonchev–Trinajstić information content (AvgIpc) is 3.30. The Hall–Kier alpha value is -5.30. The Kier molecular flexibility index (Phi) is 31.6. The summed E-state index contributed by atoms with van der Waals surface area (Å²) in [6.07, 6.45) is 6.29. The zero-order valence-corrected chi connectivity index (χ0v) is 47.1. The molecule has 20 nitrogen and oxygen atoms in total. The Bertz CT molecular complexity index is 1820. The first-order chi connectivity index (χ1) is 34.7. The van der Waals surface area contributed by atoms with E-state index in [1.54, 1.807) is 20.8 Å². The van der Waals surface area contributed by atoms with Gasteiger partial charge >= 0.3 is 11.9 Å². The maximum atomic E-state index is 14.3. The van der Waals surface area contributed by atoms with Crippen molar-refractivity contribution in [1.29, 1.82) is 0 Å². The van der Waals surface area contributed by atoms with Crippen LogP contribution < -0.4 is 43.0 Å². The molecular weight excluding hydrogens is 953 g/mol. The molecular formula is C54H96N8O12. The van der Waals surface area contributed by atoms with Gasteiger partial charge in [-0.25, -0.2) is 4.79 Å². The van der Waals surface area contributed by atoms with E-state index in [2.05, 4.69) is 51.1 Å². The van der Waals surface area contributed by atoms with Crippen LogP contribution in [0.4, 0.5) is 0 Å². The molecule has 0 saturated carbocycles. The number of primary amides is 1. The number of nitrogens with one attached hydrogen (secondary N) is 7. The number of ether oxygens (including phenoxy) is 2. The molecule has 0 aromatic carbocycles. The summed E-state index contributed by atoms with van der Waals surface area (Å²) in [5.41, 5.74) is 5.51. The maximum Gasteiger partial charge on any atom is 0.329 e. The maximum absolute atomic E-state index is 14.3. The number of amides is 8. The van der Waals surface area contributed by atoms with Crippen LogP contribution in [-0.4, -0.2) is 115 Å². The van der Waals surface area contributed by atoms with Crippen molar-refractivity contribution >= 4 is 59.2 Å². The summed E-state index contributed by atoms with van der Waals surface area (Å²) in [6.45, 7) is 22.2. The number of carbonyl (C=O) groups excluding carboxylic acids is 10. The van der Waals surface area contributed by atoms with E-state index in [-0.39, 0.29) is 62.7 Å². The predicted molar refractivity (Wildman–Crippen MR) is 282 cm³/mol. The van der Waals surface area contributed by atoms with Gasteiger partial charge in [0, 0.05) is 6.42 Å². The van der Waals surface area contributed by atoms with E-state index in [0.29, 0.717) is 18.8 Å². The van der Waals surface area contributed by atoms with Crippen LogP contribution in [-0.2, 0) is 57.4 Å². The Morgan fingerprint density at radius 3 is 1.42 bits per heavy atom. The van der Waals surface area contributed by atoms with Gasteiger partial charge in [0.05, 0.1) is 20.0 Å². The van der Waals surface area contributed by atoms with Crippen LogP contribution in [0.2, 0.25) is 0 Å². The van der Waals surface area contributed by atoms with Gasteiger partial charge < -0.3 is 52.4 Å². The minimum absolute atomic E-state index is 0.0788. The molecule has 1 rings (SSSR count). The molecule has 9 N–H and O–H groups in total. The molecule has 0 aromatic heterocycles. The van der Waals surface area contributed by atoms with Crippen molar-refractivity contribution < 1.29 is 57.4 Å². The largest absolute Gasteiger partial charge is 0.469 e. The molecule has 7 unspecified atom stereocenters.